The third-order valence-electron chi connectivity index (χ3n) is 3.72. The molecule has 3 rings (SSSR count). The molecule has 1 atom stereocenters. The summed E-state index contributed by atoms with van der Waals surface area (Å²) in [5, 5.41) is 0. The number of benzene rings is 1. The van der Waals surface area contributed by atoms with Gasteiger partial charge in [0.1, 0.15) is 6.04 Å². The van der Waals surface area contributed by atoms with Crippen molar-refractivity contribution in [1.82, 2.24) is 0 Å². The Labute approximate surface area is 95.2 Å². The van der Waals surface area contributed by atoms with Gasteiger partial charge in [-0.1, -0.05) is 31.0 Å². The normalized spacial score (nSPS) is 25.2. The van der Waals surface area contributed by atoms with Gasteiger partial charge in [-0.2, -0.15) is 0 Å². The number of hydrogen-bond donors (Lipinski definition) is 1. The van der Waals surface area contributed by atoms with Crippen molar-refractivity contribution in [3.8, 4) is 0 Å². The lowest BCUT2D eigenvalue weighted by Gasteiger charge is -2.24. The lowest BCUT2D eigenvalue weighted by molar-refractivity contribution is -0.119. The molecule has 3 heteroatoms. The van der Waals surface area contributed by atoms with Gasteiger partial charge in [0.25, 0.3) is 0 Å². The van der Waals surface area contributed by atoms with Crippen molar-refractivity contribution in [1.29, 1.82) is 0 Å². The van der Waals surface area contributed by atoms with E-state index in [1.54, 1.807) is 0 Å². The summed E-state index contributed by atoms with van der Waals surface area (Å²) < 4.78 is 0. The number of para-hydroxylation sites is 1. The highest BCUT2D eigenvalue weighted by molar-refractivity contribution is 6.04. The van der Waals surface area contributed by atoms with Gasteiger partial charge in [-0.3, -0.25) is 4.79 Å². The minimum absolute atomic E-state index is 0.0769. The molecule has 1 aromatic carbocycles. The molecule has 1 heterocycles. The fraction of sp³-hybridized carbons (Fsp3) is 0.462. The molecule has 1 aliphatic carbocycles. The van der Waals surface area contributed by atoms with E-state index in [1.165, 1.54) is 12.8 Å². The molecular formula is C13H16N2O. The lowest BCUT2D eigenvalue weighted by atomic mass is 10.1. The molecule has 0 bridgehead atoms. The minimum Gasteiger partial charge on any atom is -0.316 e. The Hall–Kier alpha value is -1.35. The van der Waals surface area contributed by atoms with Crippen molar-refractivity contribution in [2.75, 3.05) is 4.90 Å². The molecule has 1 saturated carbocycles. The van der Waals surface area contributed by atoms with E-state index in [0.29, 0.717) is 6.04 Å². The Morgan fingerprint density at radius 1 is 1.19 bits per heavy atom. The van der Waals surface area contributed by atoms with Crippen molar-refractivity contribution >= 4 is 11.6 Å². The van der Waals surface area contributed by atoms with Crippen molar-refractivity contribution in [3.63, 3.8) is 0 Å². The summed E-state index contributed by atoms with van der Waals surface area (Å²) in [6.07, 6.45) is 4.69. The van der Waals surface area contributed by atoms with Gasteiger partial charge in [-0.15, -0.1) is 0 Å². The monoisotopic (exact) mass is 216 g/mol. The van der Waals surface area contributed by atoms with E-state index in [0.717, 1.165) is 24.1 Å². The summed E-state index contributed by atoms with van der Waals surface area (Å²) in [7, 11) is 0. The SMILES string of the molecule is N[C@@H]1C(=O)N(C2CCCC2)c2ccccc21. The summed E-state index contributed by atoms with van der Waals surface area (Å²) in [5.41, 5.74) is 7.98. The molecule has 16 heavy (non-hydrogen) atoms. The van der Waals surface area contributed by atoms with E-state index in [4.69, 9.17) is 5.73 Å². The number of amides is 1. The molecule has 0 unspecified atom stereocenters. The van der Waals surface area contributed by atoms with Gasteiger partial charge in [-0.25, -0.2) is 0 Å². The smallest absolute Gasteiger partial charge is 0.248 e. The molecule has 0 radical (unpaired) electrons. The maximum Gasteiger partial charge on any atom is 0.248 e. The fourth-order valence-electron chi connectivity index (χ4n) is 2.91. The molecule has 1 aliphatic heterocycles. The van der Waals surface area contributed by atoms with Crippen LogP contribution in [0.2, 0.25) is 0 Å². The van der Waals surface area contributed by atoms with Gasteiger partial charge in [0.05, 0.1) is 0 Å². The quantitative estimate of drug-likeness (QED) is 0.780. The van der Waals surface area contributed by atoms with Crippen LogP contribution < -0.4 is 10.6 Å². The minimum atomic E-state index is -0.447. The molecular weight excluding hydrogens is 200 g/mol. The Balaban J connectivity index is 2.02. The largest absolute Gasteiger partial charge is 0.316 e. The first-order valence-electron chi connectivity index (χ1n) is 5.96. The van der Waals surface area contributed by atoms with E-state index in [-0.39, 0.29) is 5.91 Å². The topological polar surface area (TPSA) is 46.3 Å². The van der Waals surface area contributed by atoms with Crippen LogP contribution >= 0.6 is 0 Å². The van der Waals surface area contributed by atoms with E-state index in [2.05, 4.69) is 0 Å². The van der Waals surface area contributed by atoms with E-state index in [1.807, 2.05) is 29.2 Å². The van der Waals surface area contributed by atoms with Gasteiger partial charge in [0.2, 0.25) is 5.91 Å². The average Bonchev–Trinajstić information content (AvgIpc) is 2.89. The predicted octanol–water partition coefficient (Wildman–Crippen LogP) is 1.98. The van der Waals surface area contributed by atoms with Crippen LogP contribution in [0.5, 0.6) is 0 Å². The van der Waals surface area contributed by atoms with Gasteiger partial charge in [0.15, 0.2) is 0 Å². The first-order chi connectivity index (χ1) is 7.79. The summed E-state index contributed by atoms with van der Waals surface area (Å²) >= 11 is 0. The molecule has 2 N–H and O–H groups in total. The standard InChI is InChI=1S/C13H16N2O/c14-12-10-7-3-4-8-11(10)15(13(12)16)9-5-1-2-6-9/h3-4,7-9,12H,1-2,5-6,14H2/t12-/m0/s1. The molecule has 2 aliphatic rings. The van der Waals surface area contributed by atoms with Crippen molar-refractivity contribution in [2.24, 2.45) is 5.73 Å². The highest BCUT2D eigenvalue weighted by atomic mass is 16.2. The summed E-state index contributed by atoms with van der Waals surface area (Å²) in [6.45, 7) is 0. The van der Waals surface area contributed by atoms with E-state index in [9.17, 15) is 4.79 Å². The number of anilines is 1. The zero-order valence-electron chi connectivity index (χ0n) is 9.23. The summed E-state index contributed by atoms with van der Waals surface area (Å²) in [6, 6.07) is 7.83. The number of hydrogen-bond acceptors (Lipinski definition) is 2. The van der Waals surface area contributed by atoms with Crippen LogP contribution in [0.3, 0.4) is 0 Å². The Kier molecular flexibility index (Phi) is 2.21. The van der Waals surface area contributed by atoms with Crippen molar-refractivity contribution in [3.05, 3.63) is 29.8 Å². The molecule has 0 spiro atoms. The maximum absolute atomic E-state index is 12.2. The summed E-state index contributed by atoms with van der Waals surface area (Å²) in [5.74, 6) is 0.0769. The van der Waals surface area contributed by atoms with Crippen LogP contribution in [0.1, 0.15) is 37.3 Å². The number of carbonyl (C=O) groups is 1. The maximum atomic E-state index is 12.2. The number of rotatable bonds is 1. The first-order valence-corrected chi connectivity index (χ1v) is 5.96. The van der Waals surface area contributed by atoms with Crippen molar-refractivity contribution < 1.29 is 4.79 Å². The van der Waals surface area contributed by atoms with Crippen LogP contribution in [-0.2, 0) is 4.79 Å². The second-order valence-electron chi connectivity index (χ2n) is 4.68. The van der Waals surface area contributed by atoms with Gasteiger partial charge < -0.3 is 10.6 Å². The van der Waals surface area contributed by atoms with Crippen LogP contribution in [-0.4, -0.2) is 11.9 Å². The molecule has 3 nitrogen and oxygen atoms in total. The second-order valence-corrected chi connectivity index (χ2v) is 4.68. The zero-order chi connectivity index (χ0) is 11.1. The second kappa shape index (κ2) is 3.59. The third kappa shape index (κ3) is 1.28. The van der Waals surface area contributed by atoms with E-state index < -0.39 is 6.04 Å². The van der Waals surface area contributed by atoms with Crippen LogP contribution in [0.4, 0.5) is 5.69 Å². The third-order valence-corrected chi connectivity index (χ3v) is 3.72. The van der Waals surface area contributed by atoms with Crippen molar-refractivity contribution in [2.45, 2.75) is 37.8 Å². The fourth-order valence-corrected chi connectivity index (χ4v) is 2.91. The molecule has 1 aromatic rings. The lowest BCUT2D eigenvalue weighted by Crippen LogP contribution is -2.38. The summed E-state index contributed by atoms with van der Waals surface area (Å²) in [4.78, 5) is 14.1. The Bertz CT molecular complexity index is 424. The van der Waals surface area contributed by atoms with Crippen LogP contribution in [0.25, 0.3) is 0 Å². The van der Waals surface area contributed by atoms with Crippen LogP contribution in [0.15, 0.2) is 24.3 Å². The molecule has 0 saturated heterocycles. The van der Waals surface area contributed by atoms with Gasteiger partial charge in [0, 0.05) is 17.3 Å². The van der Waals surface area contributed by atoms with E-state index >= 15 is 0 Å². The molecule has 1 fully saturated rings. The molecule has 0 aromatic heterocycles. The van der Waals surface area contributed by atoms with Crippen LogP contribution in [0, 0.1) is 0 Å². The number of nitrogens with zero attached hydrogens (tertiary/aromatic N) is 1. The molecule has 1 amide bonds. The highest BCUT2D eigenvalue weighted by Gasteiger charge is 2.39. The number of nitrogens with two attached hydrogens (primary N) is 1. The van der Waals surface area contributed by atoms with Gasteiger partial charge >= 0.3 is 0 Å². The zero-order valence-corrected chi connectivity index (χ0v) is 9.23. The Morgan fingerprint density at radius 2 is 1.88 bits per heavy atom. The average molecular weight is 216 g/mol. The van der Waals surface area contributed by atoms with Gasteiger partial charge in [-0.05, 0) is 18.9 Å². The molecule has 84 valence electrons. The Morgan fingerprint density at radius 3 is 2.62 bits per heavy atom. The first kappa shape index (κ1) is 9.85. The highest BCUT2D eigenvalue weighted by Crippen LogP contribution is 2.39. The predicted molar refractivity (Wildman–Crippen MR) is 63.1 cm³/mol. The number of carbonyl (C=O) groups excluding carboxylic acids is 1. The number of fused-ring (bicyclic) bond motifs is 1.